The number of carbonyl (C=O) groups excluding carboxylic acids is 3. The number of nitrogens with zero attached hydrogens (tertiary/aromatic N) is 1. The van der Waals surface area contributed by atoms with Crippen LogP contribution in [0.3, 0.4) is 0 Å². The van der Waals surface area contributed by atoms with Crippen molar-refractivity contribution in [2.45, 2.75) is 46.5 Å². The van der Waals surface area contributed by atoms with Crippen molar-refractivity contribution in [3.63, 3.8) is 0 Å². The fourth-order valence-electron chi connectivity index (χ4n) is 3.30. The lowest BCUT2D eigenvalue weighted by Crippen LogP contribution is -2.54. The van der Waals surface area contributed by atoms with Crippen molar-refractivity contribution in [2.24, 2.45) is 0 Å². The minimum atomic E-state index is -0.748. The Morgan fingerprint density at radius 2 is 1.68 bits per heavy atom. The largest absolute Gasteiger partial charge is 0.494 e. The molecule has 0 radical (unpaired) electrons. The van der Waals surface area contributed by atoms with E-state index in [1.54, 1.807) is 24.3 Å². The van der Waals surface area contributed by atoms with Crippen LogP contribution in [-0.4, -0.2) is 24.5 Å². The van der Waals surface area contributed by atoms with E-state index in [2.05, 4.69) is 12.2 Å². The summed E-state index contributed by atoms with van der Waals surface area (Å²) in [7, 11) is 0. The van der Waals surface area contributed by atoms with Crippen molar-refractivity contribution in [1.82, 2.24) is 5.32 Å². The zero-order chi connectivity index (χ0) is 22.4. The molecule has 0 aromatic heterocycles. The molecular weight excluding hydrogens is 392 g/mol. The minimum Gasteiger partial charge on any atom is -0.494 e. The van der Waals surface area contributed by atoms with Gasteiger partial charge in [-0.2, -0.15) is 0 Å². The first-order valence-corrected chi connectivity index (χ1v) is 10.6. The zero-order valence-corrected chi connectivity index (χ0v) is 18.2. The van der Waals surface area contributed by atoms with Gasteiger partial charge >= 0.3 is 6.03 Å². The number of nitrogens with one attached hydrogen (secondary N) is 1. The van der Waals surface area contributed by atoms with Crippen LogP contribution in [0.1, 0.15) is 49.3 Å². The van der Waals surface area contributed by atoms with Crippen molar-refractivity contribution < 1.29 is 19.1 Å². The van der Waals surface area contributed by atoms with E-state index in [4.69, 9.17) is 4.74 Å². The third-order valence-corrected chi connectivity index (χ3v) is 5.31. The molecular formula is C25H28N2O4. The molecule has 2 aromatic carbocycles. The van der Waals surface area contributed by atoms with Gasteiger partial charge in [-0.15, -0.1) is 0 Å². The van der Waals surface area contributed by atoms with Gasteiger partial charge in [-0.1, -0.05) is 44.4 Å². The van der Waals surface area contributed by atoms with Gasteiger partial charge in [0, 0.05) is 0 Å². The molecule has 0 aliphatic carbocycles. The molecule has 1 aliphatic heterocycles. The Labute approximate surface area is 182 Å². The second kappa shape index (κ2) is 10.1. The SMILES string of the molecule is CCCCCCOc1ccc(/C=C2/C(=O)NC(=O)N(c3ccc(C)c(C)c3)C2=O)cc1. The average Bonchev–Trinajstić information content (AvgIpc) is 2.74. The summed E-state index contributed by atoms with van der Waals surface area (Å²) >= 11 is 0. The topological polar surface area (TPSA) is 75.7 Å². The summed E-state index contributed by atoms with van der Waals surface area (Å²) in [6.07, 6.45) is 6.03. The van der Waals surface area contributed by atoms with Crippen LogP contribution in [0.15, 0.2) is 48.0 Å². The van der Waals surface area contributed by atoms with Crippen LogP contribution >= 0.6 is 0 Å². The molecule has 3 rings (SSSR count). The molecule has 0 saturated carbocycles. The summed E-state index contributed by atoms with van der Waals surface area (Å²) < 4.78 is 5.73. The fraction of sp³-hybridized carbons (Fsp3) is 0.320. The standard InChI is InChI=1S/C25H28N2O4/c1-4-5-6-7-14-31-21-12-9-19(10-13-21)16-22-23(28)26-25(30)27(24(22)29)20-11-8-17(2)18(3)15-20/h8-13,15-16H,4-7,14H2,1-3H3,(H,26,28,30)/b22-16-. The van der Waals surface area contributed by atoms with Crippen LogP contribution < -0.4 is 15.0 Å². The van der Waals surface area contributed by atoms with E-state index < -0.39 is 17.8 Å². The molecule has 1 aliphatic rings. The summed E-state index contributed by atoms with van der Waals surface area (Å²) in [4.78, 5) is 38.7. The van der Waals surface area contributed by atoms with Gasteiger partial charge in [-0.05, 0) is 67.3 Å². The van der Waals surface area contributed by atoms with Gasteiger partial charge in [0.1, 0.15) is 11.3 Å². The van der Waals surface area contributed by atoms with Gasteiger partial charge in [0.2, 0.25) is 0 Å². The predicted octanol–water partition coefficient (Wildman–Crippen LogP) is 4.93. The summed E-state index contributed by atoms with van der Waals surface area (Å²) in [5.41, 5.74) is 3.01. The van der Waals surface area contributed by atoms with E-state index in [1.165, 1.54) is 18.9 Å². The molecule has 2 aromatic rings. The number of benzene rings is 2. The van der Waals surface area contributed by atoms with E-state index in [0.29, 0.717) is 17.9 Å². The van der Waals surface area contributed by atoms with Crippen LogP contribution in [0.4, 0.5) is 10.5 Å². The van der Waals surface area contributed by atoms with E-state index in [9.17, 15) is 14.4 Å². The summed E-state index contributed by atoms with van der Waals surface area (Å²) in [6.45, 7) is 6.68. The molecule has 1 fully saturated rings. The maximum absolute atomic E-state index is 13.0. The van der Waals surface area contributed by atoms with Crippen LogP contribution in [0.2, 0.25) is 0 Å². The highest BCUT2D eigenvalue weighted by Gasteiger charge is 2.36. The molecule has 0 spiro atoms. The average molecular weight is 421 g/mol. The lowest BCUT2D eigenvalue weighted by Gasteiger charge is -2.26. The predicted molar refractivity (Wildman–Crippen MR) is 121 cm³/mol. The normalized spacial score (nSPS) is 15.4. The van der Waals surface area contributed by atoms with Crippen LogP contribution in [0.5, 0.6) is 5.75 Å². The molecule has 0 atom stereocenters. The van der Waals surface area contributed by atoms with Crippen LogP contribution in [-0.2, 0) is 9.59 Å². The van der Waals surface area contributed by atoms with Crippen molar-refractivity contribution in [3.05, 3.63) is 64.7 Å². The monoisotopic (exact) mass is 420 g/mol. The molecule has 31 heavy (non-hydrogen) atoms. The highest BCUT2D eigenvalue weighted by Crippen LogP contribution is 2.24. The molecule has 0 bridgehead atoms. The van der Waals surface area contributed by atoms with Crippen molar-refractivity contribution >= 4 is 29.6 Å². The quantitative estimate of drug-likeness (QED) is 0.373. The van der Waals surface area contributed by atoms with Gasteiger partial charge in [-0.25, -0.2) is 9.69 Å². The Bertz CT molecular complexity index is 1010. The number of ether oxygens (including phenoxy) is 1. The lowest BCUT2D eigenvalue weighted by atomic mass is 10.1. The number of hydrogen-bond acceptors (Lipinski definition) is 4. The van der Waals surface area contributed by atoms with Crippen LogP contribution in [0, 0.1) is 13.8 Å². The maximum Gasteiger partial charge on any atom is 0.335 e. The number of barbiturate groups is 1. The number of anilines is 1. The minimum absolute atomic E-state index is 0.0916. The smallest absolute Gasteiger partial charge is 0.335 e. The van der Waals surface area contributed by atoms with E-state index in [1.807, 2.05) is 32.0 Å². The number of unbranched alkanes of at least 4 members (excludes halogenated alkanes) is 3. The van der Waals surface area contributed by atoms with Gasteiger partial charge < -0.3 is 4.74 Å². The van der Waals surface area contributed by atoms with Gasteiger partial charge in [-0.3, -0.25) is 14.9 Å². The van der Waals surface area contributed by atoms with E-state index in [-0.39, 0.29) is 5.57 Å². The third kappa shape index (κ3) is 5.40. The number of carbonyl (C=O) groups is 3. The van der Waals surface area contributed by atoms with E-state index >= 15 is 0 Å². The lowest BCUT2D eigenvalue weighted by molar-refractivity contribution is -0.122. The Morgan fingerprint density at radius 3 is 2.35 bits per heavy atom. The number of aryl methyl sites for hydroxylation is 2. The molecule has 6 nitrogen and oxygen atoms in total. The first-order valence-electron chi connectivity index (χ1n) is 10.6. The second-order valence-corrected chi connectivity index (χ2v) is 7.70. The van der Waals surface area contributed by atoms with Crippen LogP contribution in [0.25, 0.3) is 6.08 Å². The summed E-state index contributed by atoms with van der Waals surface area (Å²) in [6, 6.07) is 11.7. The molecule has 1 heterocycles. The first-order chi connectivity index (χ1) is 14.9. The number of hydrogen-bond donors (Lipinski definition) is 1. The number of imide groups is 2. The number of urea groups is 1. The molecule has 1 saturated heterocycles. The van der Waals surface area contributed by atoms with Crippen molar-refractivity contribution in [1.29, 1.82) is 0 Å². The Hall–Kier alpha value is -3.41. The molecule has 162 valence electrons. The molecule has 6 heteroatoms. The Balaban J connectivity index is 1.76. The third-order valence-electron chi connectivity index (χ3n) is 5.31. The highest BCUT2D eigenvalue weighted by atomic mass is 16.5. The van der Waals surface area contributed by atoms with Crippen molar-refractivity contribution in [2.75, 3.05) is 11.5 Å². The first kappa shape index (κ1) is 22.3. The zero-order valence-electron chi connectivity index (χ0n) is 18.2. The number of amides is 4. The van der Waals surface area contributed by atoms with Gasteiger partial charge in [0.15, 0.2) is 0 Å². The molecule has 4 amide bonds. The molecule has 1 N–H and O–H groups in total. The highest BCUT2D eigenvalue weighted by molar-refractivity contribution is 6.39. The maximum atomic E-state index is 13.0. The summed E-state index contributed by atoms with van der Waals surface area (Å²) in [5.74, 6) is -0.607. The van der Waals surface area contributed by atoms with E-state index in [0.717, 1.165) is 34.6 Å². The Morgan fingerprint density at radius 1 is 0.935 bits per heavy atom. The van der Waals surface area contributed by atoms with Gasteiger partial charge in [0.25, 0.3) is 11.8 Å². The van der Waals surface area contributed by atoms with Crippen molar-refractivity contribution in [3.8, 4) is 5.75 Å². The summed E-state index contributed by atoms with van der Waals surface area (Å²) in [5, 5.41) is 2.25. The fourth-order valence-corrected chi connectivity index (χ4v) is 3.30. The number of rotatable bonds is 8. The van der Waals surface area contributed by atoms with Gasteiger partial charge in [0.05, 0.1) is 12.3 Å². The molecule has 0 unspecified atom stereocenters. The second-order valence-electron chi connectivity index (χ2n) is 7.70. The Kier molecular flexibility index (Phi) is 7.23.